The highest BCUT2D eigenvalue weighted by molar-refractivity contribution is 5.23. The van der Waals surface area contributed by atoms with Gasteiger partial charge in [0.15, 0.2) is 0 Å². The standard InChI is InChI=1S/C16H29N3O/c1-16(2,3)15-13(11-19(5)17-15)10-18(4)9-12-7-6-8-14(12)20/h11-12,14,20H,6-10H2,1-5H3. The van der Waals surface area contributed by atoms with Crippen LogP contribution in [-0.2, 0) is 19.0 Å². The van der Waals surface area contributed by atoms with Crippen LogP contribution in [-0.4, -0.2) is 39.5 Å². The van der Waals surface area contributed by atoms with Crippen molar-refractivity contribution in [1.82, 2.24) is 14.7 Å². The maximum absolute atomic E-state index is 9.95. The van der Waals surface area contributed by atoms with Crippen LogP contribution in [0, 0.1) is 5.92 Å². The van der Waals surface area contributed by atoms with Crippen molar-refractivity contribution in [2.45, 2.75) is 58.1 Å². The predicted octanol–water partition coefficient (Wildman–Crippen LogP) is 2.31. The van der Waals surface area contributed by atoms with E-state index in [1.807, 2.05) is 11.7 Å². The molecule has 4 nitrogen and oxygen atoms in total. The van der Waals surface area contributed by atoms with Crippen molar-refractivity contribution in [3.63, 3.8) is 0 Å². The zero-order chi connectivity index (χ0) is 14.9. The first-order valence-corrected chi connectivity index (χ1v) is 7.67. The van der Waals surface area contributed by atoms with Crippen molar-refractivity contribution in [3.05, 3.63) is 17.5 Å². The summed E-state index contributed by atoms with van der Waals surface area (Å²) in [5.74, 6) is 0.440. The van der Waals surface area contributed by atoms with E-state index in [1.54, 1.807) is 0 Å². The third-order valence-electron chi connectivity index (χ3n) is 4.22. The second-order valence-corrected chi connectivity index (χ2v) is 7.38. The van der Waals surface area contributed by atoms with Gasteiger partial charge in [0.2, 0.25) is 0 Å². The molecule has 1 aliphatic rings. The molecule has 2 rings (SSSR count). The number of nitrogens with zero attached hydrogens (tertiary/aromatic N) is 3. The van der Waals surface area contributed by atoms with Gasteiger partial charge in [-0.2, -0.15) is 5.10 Å². The third-order valence-corrected chi connectivity index (χ3v) is 4.22. The Labute approximate surface area is 122 Å². The van der Waals surface area contributed by atoms with Gasteiger partial charge in [-0.25, -0.2) is 0 Å². The van der Waals surface area contributed by atoms with E-state index < -0.39 is 0 Å². The molecule has 1 N–H and O–H groups in total. The van der Waals surface area contributed by atoms with Gasteiger partial charge in [0.1, 0.15) is 0 Å². The molecule has 0 saturated heterocycles. The van der Waals surface area contributed by atoms with E-state index in [9.17, 15) is 5.11 Å². The SMILES string of the molecule is CN(Cc1cn(C)nc1C(C)(C)C)CC1CCCC1O. The number of hydrogen-bond donors (Lipinski definition) is 1. The van der Waals surface area contributed by atoms with Crippen molar-refractivity contribution in [2.24, 2.45) is 13.0 Å². The summed E-state index contributed by atoms with van der Waals surface area (Å²) in [5.41, 5.74) is 2.55. The average molecular weight is 279 g/mol. The fraction of sp³-hybridized carbons (Fsp3) is 0.812. The highest BCUT2D eigenvalue weighted by Crippen LogP contribution is 2.28. The van der Waals surface area contributed by atoms with Gasteiger partial charge >= 0.3 is 0 Å². The Balaban J connectivity index is 2.02. The maximum Gasteiger partial charge on any atom is 0.0722 e. The molecule has 1 aromatic rings. The Kier molecular flexibility index (Phi) is 4.55. The molecule has 0 bridgehead atoms. The lowest BCUT2D eigenvalue weighted by Crippen LogP contribution is -2.30. The van der Waals surface area contributed by atoms with E-state index in [0.717, 1.165) is 25.9 Å². The van der Waals surface area contributed by atoms with Gasteiger partial charge in [0.05, 0.1) is 11.8 Å². The van der Waals surface area contributed by atoms with Crippen molar-refractivity contribution in [3.8, 4) is 0 Å². The first-order valence-electron chi connectivity index (χ1n) is 7.67. The number of hydrogen-bond acceptors (Lipinski definition) is 3. The molecular formula is C16H29N3O. The van der Waals surface area contributed by atoms with Crippen LogP contribution in [0.4, 0.5) is 0 Å². The van der Waals surface area contributed by atoms with Crippen LogP contribution in [0.3, 0.4) is 0 Å². The van der Waals surface area contributed by atoms with Gasteiger partial charge in [-0.1, -0.05) is 27.2 Å². The van der Waals surface area contributed by atoms with E-state index in [1.165, 1.54) is 17.7 Å². The second kappa shape index (κ2) is 5.86. The van der Waals surface area contributed by atoms with Crippen LogP contribution in [0.25, 0.3) is 0 Å². The second-order valence-electron chi connectivity index (χ2n) is 7.38. The number of aliphatic hydroxyl groups excluding tert-OH is 1. The summed E-state index contributed by atoms with van der Waals surface area (Å²) in [7, 11) is 4.13. The minimum absolute atomic E-state index is 0.0737. The van der Waals surface area contributed by atoms with Crippen LogP contribution in [0.5, 0.6) is 0 Å². The number of aromatic nitrogens is 2. The van der Waals surface area contributed by atoms with Crippen LogP contribution in [0.1, 0.15) is 51.3 Å². The molecule has 114 valence electrons. The molecule has 1 aliphatic carbocycles. The summed E-state index contributed by atoms with van der Waals surface area (Å²) in [6.07, 6.45) is 5.32. The number of rotatable bonds is 4. The lowest BCUT2D eigenvalue weighted by atomic mass is 9.89. The summed E-state index contributed by atoms with van der Waals surface area (Å²) in [5, 5.41) is 14.6. The molecule has 1 aromatic heterocycles. The van der Waals surface area contributed by atoms with Gasteiger partial charge < -0.3 is 10.0 Å². The summed E-state index contributed by atoms with van der Waals surface area (Å²) in [6, 6.07) is 0. The highest BCUT2D eigenvalue weighted by atomic mass is 16.3. The Morgan fingerprint density at radius 3 is 2.65 bits per heavy atom. The van der Waals surface area contributed by atoms with E-state index in [2.05, 4.69) is 44.0 Å². The van der Waals surface area contributed by atoms with E-state index >= 15 is 0 Å². The zero-order valence-electron chi connectivity index (χ0n) is 13.6. The predicted molar refractivity (Wildman–Crippen MR) is 81.6 cm³/mol. The fourth-order valence-corrected chi connectivity index (χ4v) is 3.27. The first kappa shape index (κ1) is 15.5. The molecule has 20 heavy (non-hydrogen) atoms. The van der Waals surface area contributed by atoms with Gasteiger partial charge in [-0.15, -0.1) is 0 Å². The van der Waals surface area contributed by atoms with Gasteiger partial charge in [-0.05, 0) is 25.8 Å². The quantitative estimate of drug-likeness (QED) is 0.919. The molecule has 1 heterocycles. The van der Waals surface area contributed by atoms with Gasteiger partial charge in [0, 0.05) is 37.3 Å². The Hall–Kier alpha value is -0.870. The maximum atomic E-state index is 9.95. The molecule has 4 heteroatoms. The monoisotopic (exact) mass is 279 g/mol. The minimum Gasteiger partial charge on any atom is -0.393 e. The molecule has 2 unspecified atom stereocenters. The van der Waals surface area contributed by atoms with Crippen molar-refractivity contribution in [2.75, 3.05) is 13.6 Å². The Morgan fingerprint density at radius 2 is 2.10 bits per heavy atom. The lowest BCUT2D eigenvalue weighted by Gasteiger charge is -2.24. The Morgan fingerprint density at radius 1 is 1.40 bits per heavy atom. The van der Waals surface area contributed by atoms with Crippen molar-refractivity contribution in [1.29, 1.82) is 0 Å². The largest absolute Gasteiger partial charge is 0.393 e. The molecule has 2 atom stereocenters. The van der Waals surface area contributed by atoms with Gasteiger partial charge in [0.25, 0.3) is 0 Å². The molecule has 1 fully saturated rings. The summed E-state index contributed by atoms with van der Waals surface area (Å²) in [4.78, 5) is 2.32. The molecular weight excluding hydrogens is 250 g/mol. The van der Waals surface area contributed by atoms with Crippen LogP contribution >= 0.6 is 0 Å². The lowest BCUT2D eigenvalue weighted by molar-refractivity contribution is 0.107. The molecule has 0 amide bonds. The highest BCUT2D eigenvalue weighted by Gasteiger charge is 2.27. The topological polar surface area (TPSA) is 41.3 Å². The fourth-order valence-electron chi connectivity index (χ4n) is 3.27. The smallest absolute Gasteiger partial charge is 0.0722 e. The molecule has 0 radical (unpaired) electrons. The number of aryl methyl sites for hydroxylation is 1. The van der Waals surface area contributed by atoms with E-state index in [0.29, 0.717) is 5.92 Å². The minimum atomic E-state index is -0.103. The van der Waals surface area contributed by atoms with E-state index in [4.69, 9.17) is 0 Å². The third kappa shape index (κ3) is 3.61. The first-order chi connectivity index (χ1) is 9.27. The van der Waals surface area contributed by atoms with Crippen molar-refractivity contribution >= 4 is 0 Å². The Bertz CT molecular complexity index is 447. The molecule has 0 spiro atoms. The normalized spacial score (nSPS) is 23.8. The molecule has 0 aliphatic heterocycles. The van der Waals surface area contributed by atoms with Crippen molar-refractivity contribution < 1.29 is 5.11 Å². The van der Waals surface area contributed by atoms with Crippen LogP contribution < -0.4 is 0 Å². The average Bonchev–Trinajstić information content (AvgIpc) is 2.85. The molecule has 1 saturated carbocycles. The summed E-state index contributed by atoms with van der Waals surface area (Å²) >= 11 is 0. The van der Waals surface area contributed by atoms with E-state index in [-0.39, 0.29) is 11.5 Å². The van der Waals surface area contributed by atoms with Gasteiger partial charge in [-0.3, -0.25) is 4.68 Å². The molecule has 0 aromatic carbocycles. The van der Waals surface area contributed by atoms with Crippen LogP contribution in [0.2, 0.25) is 0 Å². The zero-order valence-corrected chi connectivity index (χ0v) is 13.6. The number of aliphatic hydroxyl groups is 1. The van der Waals surface area contributed by atoms with Crippen LogP contribution in [0.15, 0.2) is 6.20 Å². The summed E-state index contributed by atoms with van der Waals surface area (Å²) < 4.78 is 1.91. The summed E-state index contributed by atoms with van der Waals surface area (Å²) in [6.45, 7) is 8.50.